The quantitative estimate of drug-likeness (QED) is 0.911. The van der Waals surface area contributed by atoms with Gasteiger partial charge in [0.25, 0.3) is 11.8 Å². The zero-order valence-electron chi connectivity index (χ0n) is 11.7. The van der Waals surface area contributed by atoms with Crippen LogP contribution in [0.1, 0.15) is 26.3 Å². The van der Waals surface area contributed by atoms with Crippen LogP contribution in [0.5, 0.6) is 0 Å². The molecular formula is C16H15FN2O2. The Bertz CT molecular complexity index is 698. The lowest BCUT2D eigenvalue weighted by Gasteiger charge is -2.09. The zero-order valence-corrected chi connectivity index (χ0v) is 11.7. The van der Waals surface area contributed by atoms with Gasteiger partial charge >= 0.3 is 0 Å². The van der Waals surface area contributed by atoms with Gasteiger partial charge in [-0.15, -0.1) is 0 Å². The van der Waals surface area contributed by atoms with Crippen molar-refractivity contribution in [3.63, 3.8) is 0 Å². The summed E-state index contributed by atoms with van der Waals surface area (Å²) in [5.41, 5.74) is 1.85. The van der Waals surface area contributed by atoms with Crippen LogP contribution in [0.25, 0.3) is 0 Å². The van der Waals surface area contributed by atoms with Crippen molar-refractivity contribution in [2.75, 3.05) is 12.4 Å². The lowest BCUT2D eigenvalue weighted by atomic mass is 10.1. The average Bonchev–Trinajstić information content (AvgIpc) is 2.49. The Morgan fingerprint density at radius 2 is 1.81 bits per heavy atom. The average molecular weight is 286 g/mol. The first-order valence-corrected chi connectivity index (χ1v) is 6.41. The summed E-state index contributed by atoms with van der Waals surface area (Å²) in [6.45, 7) is 1.73. The number of nitrogens with one attached hydrogen (secondary N) is 2. The molecule has 0 aliphatic heterocycles. The van der Waals surface area contributed by atoms with Gasteiger partial charge < -0.3 is 10.6 Å². The summed E-state index contributed by atoms with van der Waals surface area (Å²) in [6.07, 6.45) is 0. The van der Waals surface area contributed by atoms with E-state index in [2.05, 4.69) is 10.6 Å². The lowest BCUT2D eigenvalue weighted by molar-refractivity contribution is 0.0961. The fourth-order valence-corrected chi connectivity index (χ4v) is 1.92. The van der Waals surface area contributed by atoms with Gasteiger partial charge in [0.05, 0.1) is 0 Å². The number of benzene rings is 2. The molecule has 0 atom stereocenters. The van der Waals surface area contributed by atoms with Crippen molar-refractivity contribution in [1.29, 1.82) is 0 Å². The van der Waals surface area contributed by atoms with Crippen LogP contribution in [0.2, 0.25) is 0 Å². The molecule has 0 fully saturated rings. The van der Waals surface area contributed by atoms with Crippen molar-refractivity contribution in [2.24, 2.45) is 0 Å². The molecule has 0 saturated heterocycles. The Hall–Kier alpha value is -2.69. The summed E-state index contributed by atoms with van der Waals surface area (Å²) in [7, 11) is 1.53. The largest absolute Gasteiger partial charge is 0.355 e. The Morgan fingerprint density at radius 1 is 1.05 bits per heavy atom. The van der Waals surface area contributed by atoms with E-state index in [1.807, 2.05) is 0 Å². The van der Waals surface area contributed by atoms with Crippen molar-refractivity contribution in [1.82, 2.24) is 5.32 Å². The van der Waals surface area contributed by atoms with Crippen LogP contribution in [0, 0.1) is 12.7 Å². The molecule has 0 saturated carbocycles. The van der Waals surface area contributed by atoms with Gasteiger partial charge in [0.2, 0.25) is 0 Å². The monoisotopic (exact) mass is 286 g/mol. The van der Waals surface area contributed by atoms with E-state index < -0.39 is 11.7 Å². The normalized spacial score (nSPS) is 10.0. The second-order valence-corrected chi connectivity index (χ2v) is 4.57. The van der Waals surface area contributed by atoms with Gasteiger partial charge in [-0.25, -0.2) is 4.39 Å². The standard InChI is InChI=1S/C16H15FN2O2/c1-10-6-7-12(17)9-14(10)16(21)19-13-5-3-4-11(8-13)15(20)18-2/h3-9H,1-2H3,(H,18,20)(H,19,21). The SMILES string of the molecule is CNC(=O)c1cccc(NC(=O)c2cc(F)ccc2C)c1. The van der Waals surface area contributed by atoms with E-state index in [-0.39, 0.29) is 11.5 Å². The van der Waals surface area contributed by atoms with E-state index in [9.17, 15) is 14.0 Å². The molecule has 2 aromatic carbocycles. The molecule has 0 bridgehead atoms. The third-order valence-corrected chi connectivity index (χ3v) is 3.05. The highest BCUT2D eigenvalue weighted by Gasteiger charge is 2.11. The number of amides is 2. The summed E-state index contributed by atoms with van der Waals surface area (Å²) in [5, 5.41) is 5.17. The lowest BCUT2D eigenvalue weighted by Crippen LogP contribution is -2.18. The van der Waals surface area contributed by atoms with Gasteiger partial charge in [0.1, 0.15) is 5.82 Å². The van der Waals surface area contributed by atoms with Gasteiger partial charge in [-0.05, 0) is 42.8 Å². The number of carbonyl (C=O) groups is 2. The second-order valence-electron chi connectivity index (χ2n) is 4.57. The molecule has 2 amide bonds. The van der Waals surface area contributed by atoms with E-state index in [0.29, 0.717) is 16.8 Å². The fraction of sp³-hybridized carbons (Fsp3) is 0.125. The molecule has 0 spiro atoms. The third kappa shape index (κ3) is 3.45. The van der Waals surface area contributed by atoms with Crippen LogP contribution in [-0.2, 0) is 0 Å². The number of anilines is 1. The Kier molecular flexibility index (Phi) is 4.33. The summed E-state index contributed by atoms with van der Waals surface area (Å²) >= 11 is 0. The van der Waals surface area contributed by atoms with E-state index in [1.165, 1.54) is 19.2 Å². The Morgan fingerprint density at radius 3 is 2.52 bits per heavy atom. The van der Waals surface area contributed by atoms with Crippen molar-refractivity contribution >= 4 is 17.5 Å². The van der Waals surface area contributed by atoms with Gasteiger partial charge in [-0.1, -0.05) is 12.1 Å². The summed E-state index contributed by atoms with van der Waals surface area (Å²) in [4.78, 5) is 23.7. The van der Waals surface area contributed by atoms with E-state index >= 15 is 0 Å². The third-order valence-electron chi connectivity index (χ3n) is 3.05. The van der Waals surface area contributed by atoms with Crippen LogP contribution in [0.15, 0.2) is 42.5 Å². The molecule has 4 nitrogen and oxygen atoms in total. The van der Waals surface area contributed by atoms with Crippen LogP contribution in [0.3, 0.4) is 0 Å². The topological polar surface area (TPSA) is 58.2 Å². The van der Waals surface area contributed by atoms with Gasteiger partial charge in [0, 0.05) is 23.9 Å². The fourth-order valence-electron chi connectivity index (χ4n) is 1.92. The zero-order chi connectivity index (χ0) is 15.4. The number of carbonyl (C=O) groups excluding carboxylic acids is 2. The van der Waals surface area contributed by atoms with Crippen LogP contribution in [0.4, 0.5) is 10.1 Å². The number of aryl methyl sites for hydroxylation is 1. The van der Waals surface area contributed by atoms with E-state index in [0.717, 1.165) is 0 Å². The molecule has 108 valence electrons. The van der Waals surface area contributed by atoms with E-state index in [1.54, 1.807) is 37.3 Å². The minimum atomic E-state index is -0.468. The molecule has 2 rings (SSSR count). The Balaban J connectivity index is 2.23. The van der Waals surface area contributed by atoms with Gasteiger partial charge in [-0.3, -0.25) is 9.59 Å². The number of halogens is 1. The molecule has 5 heteroatoms. The Labute approximate surface area is 122 Å². The molecule has 2 aromatic rings. The maximum absolute atomic E-state index is 13.2. The molecule has 0 heterocycles. The first kappa shape index (κ1) is 14.7. The van der Waals surface area contributed by atoms with Crippen LogP contribution in [-0.4, -0.2) is 18.9 Å². The molecule has 0 aliphatic carbocycles. The van der Waals surface area contributed by atoms with Crippen LogP contribution >= 0.6 is 0 Å². The summed E-state index contributed by atoms with van der Waals surface area (Å²) in [6, 6.07) is 10.6. The molecule has 0 aliphatic rings. The van der Waals surface area contributed by atoms with Crippen LogP contribution < -0.4 is 10.6 Å². The van der Waals surface area contributed by atoms with Crippen molar-refractivity contribution < 1.29 is 14.0 Å². The first-order valence-electron chi connectivity index (χ1n) is 6.41. The maximum Gasteiger partial charge on any atom is 0.256 e. The summed E-state index contributed by atoms with van der Waals surface area (Å²) < 4.78 is 13.2. The maximum atomic E-state index is 13.2. The molecule has 0 unspecified atom stereocenters. The van der Waals surface area contributed by atoms with Gasteiger partial charge in [0.15, 0.2) is 0 Å². The van der Waals surface area contributed by atoms with Crippen molar-refractivity contribution in [3.8, 4) is 0 Å². The number of hydrogen-bond acceptors (Lipinski definition) is 2. The number of rotatable bonds is 3. The molecule has 0 aromatic heterocycles. The molecular weight excluding hydrogens is 271 g/mol. The van der Waals surface area contributed by atoms with Crippen molar-refractivity contribution in [3.05, 3.63) is 65.0 Å². The molecule has 0 radical (unpaired) electrons. The highest BCUT2D eigenvalue weighted by atomic mass is 19.1. The number of hydrogen-bond donors (Lipinski definition) is 2. The molecule has 21 heavy (non-hydrogen) atoms. The highest BCUT2D eigenvalue weighted by Crippen LogP contribution is 2.15. The molecule has 2 N–H and O–H groups in total. The predicted molar refractivity (Wildman–Crippen MR) is 78.9 cm³/mol. The van der Waals surface area contributed by atoms with E-state index in [4.69, 9.17) is 0 Å². The minimum Gasteiger partial charge on any atom is -0.355 e. The second kappa shape index (κ2) is 6.17. The summed E-state index contributed by atoms with van der Waals surface area (Å²) in [5.74, 6) is -1.13. The minimum absolute atomic E-state index is 0.243. The van der Waals surface area contributed by atoms with Gasteiger partial charge in [-0.2, -0.15) is 0 Å². The predicted octanol–water partition coefficient (Wildman–Crippen LogP) is 2.75. The highest BCUT2D eigenvalue weighted by molar-refractivity contribution is 6.06. The first-order chi connectivity index (χ1) is 10.0. The smallest absolute Gasteiger partial charge is 0.256 e. The van der Waals surface area contributed by atoms with Crippen molar-refractivity contribution in [2.45, 2.75) is 6.92 Å².